The molecular weight excluding hydrogens is 326 g/mol. The summed E-state index contributed by atoms with van der Waals surface area (Å²) in [6.45, 7) is 0. The Balaban J connectivity index is 3.56. The maximum Gasteiger partial charge on any atom is 0.241 e. The van der Waals surface area contributed by atoms with Crippen LogP contribution in [0.5, 0.6) is 5.75 Å². The first-order chi connectivity index (χ1) is 5.82. The zero-order valence-corrected chi connectivity index (χ0v) is 10.1. The van der Waals surface area contributed by atoms with Gasteiger partial charge in [-0.3, -0.25) is 0 Å². The molecule has 0 amide bonds. The number of phenols is 1. The van der Waals surface area contributed by atoms with Gasteiger partial charge < -0.3 is 5.11 Å². The van der Waals surface area contributed by atoms with Crippen LogP contribution in [-0.4, -0.2) is 13.5 Å². The van der Waals surface area contributed by atoms with E-state index in [1.165, 1.54) is 12.1 Å². The van der Waals surface area contributed by atoms with E-state index < -0.39 is 10.0 Å². The molecule has 7 heteroatoms. The van der Waals surface area contributed by atoms with Crippen molar-refractivity contribution in [2.45, 2.75) is 4.90 Å². The smallest absolute Gasteiger partial charge is 0.241 e. The second-order valence-corrected chi connectivity index (χ2v) is 5.58. The molecule has 13 heavy (non-hydrogen) atoms. The van der Waals surface area contributed by atoms with Crippen LogP contribution in [0.4, 0.5) is 0 Å². The van der Waals surface area contributed by atoms with Gasteiger partial charge in [-0.05, 0) is 28.1 Å². The fraction of sp³-hybridized carbons (Fsp3) is 0. The Morgan fingerprint density at radius 1 is 1.31 bits per heavy atom. The van der Waals surface area contributed by atoms with Crippen LogP contribution in [0.2, 0.25) is 0 Å². The standard InChI is InChI=1S/C6H5Br2NO3S/c7-3-1-4(8)6(10)5(2-3)13(9,11)12/h1-2,10H,(H2,9,11,12). The highest BCUT2D eigenvalue weighted by Crippen LogP contribution is 2.33. The molecule has 0 heterocycles. The summed E-state index contributed by atoms with van der Waals surface area (Å²) in [5.74, 6) is -0.384. The quantitative estimate of drug-likeness (QED) is 0.820. The van der Waals surface area contributed by atoms with E-state index in [-0.39, 0.29) is 15.1 Å². The Kier molecular flexibility index (Phi) is 3.01. The Labute approximate surface area is 92.1 Å². The SMILES string of the molecule is NS(=O)(=O)c1cc(Br)cc(Br)c1O. The number of nitrogens with two attached hydrogens (primary N) is 1. The Morgan fingerprint density at radius 2 is 1.85 bits per heavy atom. The average molecular weight is 331 g/mol. The lowest BCUT2D eigenvalue weighted by Crippen LogP contribution is -2.12. The van der Waals surface area contributed by atoms with Crippen LogP contribution in [-0.2, 0) is 10.0 Å². The Bertz CT molecular complexity index is 443. The number of hydrogen-bond acceptors (Lipinski definition) is 3. The number of primary sulfonamides is 1. The minimum Gasteiger partial charge on any atom is -0.505 e. The van der Waals surface area contributed by atoms with Gasteiger partial charge in [0, 0.05) is 4.47 Å². The zero-order valence-electron chi connectivity index (χ0n) is 6.16. The van der Waals surface area contributed by atoms with Crippen molar-refractivity contribution in [3.63, 3.8) is 0 Å². The first-order valence-corrected chi connectivity index (χ1v) is 6.16. The minimum atomic E-state index is -3.89. The van der Waals surface area contributed by atoms with Gasteiger partial charge in [0.1, 0.15) is 10.6 Å². The molecule has 0 spiro atoms. The summed E-state index contributed by atoms with van der Waals surface area (Å²) in [4.78, 5) is -0.311. The molecule has 0 atom stereocenters. The second kappa shape index (κ2) is 3.56. The largest absolute Gasteiger partial charge is 0.505 e. The number of benzene rings is 1. The highest BCUT2D eigenvalue weighted by atomic mass is 79.9. The molecule has 0 saturated carbocycles. The highest BCUT2D eigenvalue weighted by molar-refractivity contribution is 9.11. The molecule has 0 fully saturated rings. The Hall–Kier alpha value is -0.110. The van der Waals surface area contributed by atoms with Crippen LogP contribution in [0.15, 0.2) is 26.0 Å². The van der Waals surface area contributed by atoms with Crippen molar-refractivity contribution in [3.05, 3.63) is 21.1 Å². The topological polar surface area (TPSA) is 80.4 Å². The number of phenolic OH excluding ortho intramolecular Hbond substituents is 1. The molecule has 0 aliphatic rings. The van der Waals surface area contributed by atoms with E-state index in [2.05, 4.69) is 31.9 Å². The Morgan fingerprint density at radius 3 is 2.31 bits per heavy atom. The third kappa shape index (κ3) is 2.43. The van der Waals surface area contributed by atoms with Crippen molar-refractivity contribution < 1.29 is 13.5 Å². The summed E-state index contributed by atoms with van der Waals surface area (Å²) in [6.07, 6.45) is 0. The predicted molar refractivity (Wildman–Crippen MR) is 54.9 cm³/mol. The molecule has 0 unspecified atom stereocenters. The van der Waals surface area contributed by atoms with E-state index in [0.29, 0.717) is 4.47 Å². The molecule has 1 aromatic carbocycles. The first-order valence-electron chi connectivity index (χ1n) is 3.03. The lowest BCUT2D eigenvalue weighted by molar-refractivity contribution is 0.455. The van der Waals surface area contributed by atoms with Crippen molar-refractivity contribution in [2.75, 3.05) is 0 Å². The molecule has 3 N–H and O–H groups in total. The van der Waals surface area contributed by atoms with Crippen LogP contribution in [0.1, 0.15) is 0 Å². The normalized spacial score (nSPS) is 11.6. The number of sulfonamides is 1. The molecule has 4 nitrogen and oxygen atoms in total. The van der Waals surface area contributed by atoms with Crippen LogP contribution in [0.25, 0.3) is 0 Å². The third-order valence-corrected chi connectivity index (χ3v) is 3.29. The van der Waals surface area contributed by atoms with E-state index >= 15 is 0 Å². The second-order valence-electron chi connectivity index (χ2n) is 2.28. The van der Waals surface area contributed by atoms with Crippen LogP contribution in [0.3, 0.4) is 0 Å². The van der Waals surface area contributed by atoms with Gasteiger partial charge >= 0.3 is 0 Å². The number of halogens is 2. The fourth-order valence-corrected chi connectivity index (χ4v) is 2.94. The van der Waals surface area contributed by atoms with Gasteiger partial charge in [0.25, 0.3) is 0 Å². The molecule has 0 aromatic heterocycles. The maximum atomic E-state index is 10.9. The zero-order chi connectivity index (χ0) is 10.2. The van der Waals surface area contributed by atoms with Crippen LogP contribution < -0.4 is 5.14 Å². The van der Waals surface area contributed by atoms with Gasteiger partial charge in [0.15, 0.2) is 0 Å². The summed E-state index contributed by atoms with van der Waals surface area (Å²) in [5.41, 5.74) is 0. The van der Waals surface area contributed by atoms with Crippen molar-refractivity contribution in [1.29, 1.82) is 0 Å². The van der Waals surface area contributed by atoms with Crippen LogP contribution >= 0.6 is 31.9 Å². The summed E-state index contributed by atoms with van der Waals surface area (Å²) >= 11 is 6.07. The molecule has 1 aromatic rings. The molecule has 72 valence electrons. The fourth-order valence-electron chi connectivity index (χ4n) is 0.759. The minimum absolute atomic E-state index is 0.269. The van der Waals surface area contributed by atoms with E-state index in [4.69, 9.17) is 5.14 Å². The molecule has 0 bridgehead atoms. The van der Waals surface area contributed by atoms with Crippen molar-refractivity contribution in [1.82, 2.24) is 0 Å². The van der Waals surface area contributed by atoms with E-state index in [1.54, 1.807) is 0 Å². The first kappa shape index (κ1) is 11.0. The predicted octanol–water partition coefficient (Wildman–Crippen LogP) is 1.56. The molecule has 0 aliphatic carbocycles. The molecule has 1 rings (SSSR count). The summed E-state index contributed by atoms with van der Waals surface area (Å²) in [7, 11) is -3.89. The summed E-state index contributed by atoms with van der Waals surface area (Å²) in [5, 5.41) is 14.2. The van der Waals surface area contributed by atoms with Gasteiger partial charge in [0.05, 0.1) is 4.47 Å². The van der Waals surface area contributed by atoms with E-state index in [0.717, 1.165) is 0 Å². The monoisotopic (exact) mass is 329 g/mol. The van der Waals surface area contributed by atoms with Gasteiger partial charge in [-0.1, -0.05) is 15.9 Å². The van der Waals surface area contributed by atoms with Gasteiger partial charge in [-0.15, -0.1) is 0 Å². The lowest BCUT2D eigenvalue weighted by Gasteiger charge is -2.04. The molecule has 0 saturated heterocycles. The highest BCUT2D eigenvalue weighted by Gasteiger charge is 2.16. The summed E-state index contributed by atoms with van der Waals surface area (Å²) < 4.78 is 22.7. The van der Waals surface area contributed by atoms with Gasteiger partial charge in [0.2, 0.25) is 10.0 Å². The van der Waals surface area contributed by atoms with Gasteiger partial charge in [-0.25, -0.2) is 13.6 Å². The number of hydrogen-bond donors (Lipinski definition) is 2. The maximum absolute atomic E-state index is 10.9. The lowest BCUT2D eigenvalue weighted by atomic mass is 10.3. The molecule has 0 aliphatic heterocycles. The molecule has 0 radical (unpaired) electrons. The van der Waals surface area contributed by atoms with Gasteiger partial charge in [-0.2, -0.15) is 0 Å². The van der Waals surface area contributed by atoms with Crippen molar-refractivity contribution in [3.8, 4) is 5.75 Å². The number of rotatable bonds is 1. The van der Waals surface area contributed by atoms with E-state index in [1.807, 2.05) is 0 Å². The summed E-state index contributed by atoms with van der Waals surface area (Å²) in [6, 6.07) is 2.75. The molecular formula is C6H5Br2NO3S. The van der Waals surface area contributed by atoms with Crippen molar-refractivity contribution >= 4 is 41.9 Å². The van der Waals surface area contributed by atoms with Crippen molar-refractivity contribution in [2.24, 2.45) is 5.14 Å². The van der Waals surface area contributed by atoms with Crippen LogP contribution in [0, 0.1) is 0 Å². The third-order valence-electron chi connectivity index (χ3n) is 1.30. The number of aromatic hydroxyl groups is 1. The average Bonchev–Trinajstić information content (AvgIpc) is 1.94. The van der Waals surface area contributed by atoms with E-state index in [9.17, 15) is 13.5 Å².